The van der Waals surface area contributed by atoms with Gasteiger partial charge in [-0.05, 0) is 12.8 Å². The highest BCUT2D eigenvalue weighted by Gasteiger charge is 2.24. The monoisotopic (exact) mass is 248 g/mol. The molecule has 1 aromatic rings. The third-order valence-corrected chi connectivity index (χ3v) is 3.56. The van der Waals surface area contributed by atoms with E-state index in [9.17, 15) is 5.26 Å². The Morgan fingerprint density at radius 3 is 2.89 bits per heavy atom. The molecule has 0 amide bonds. The fourth-order valence-electron chi connectivity index (χ4n) is 2.54. The van der Waals surface area contributed by atoms with Gasteiger partial charge in [-0.3, -0.25) is 0 Å². The Morgan fingerprint density at radius 2 is 2.22 bits per heavy atom. The maximum Gasteiger partial charge on any atom is 0.213 e. The van der Waals surface area contributed by atoms with Crippen molar-refractivity contribution in [1.29, 1.82) is 5.26 Å². The van der Waals surface area contributed by atoms with Crippen molar-refractivity contribution in [3.8, 4) is 11.9 Å². The van der Waals surface area contributed by atoms with Crippen molar-refractivity contribution < 1.29 is 4.74 Å². The fraction of sp³-hybridized carbons (Fsp3) is 0.692. The van der Waals surface area contributed by atoms with E-state index in [1.165, 1.54) is 12.8 Å². The Hall–Kier alpha value is -1.70. The Bertz CT molecular complexity index is 435. The Labute approximate surface area is 108 Å². The van der Waals surface area contributed by atoms with Gasteiger partial charge in [0, 0.05) is 19.2 Å². The SMILES string of the molecule is COc1cc(NC2CCCCCC2C#N)nn1C. The molecule has 5 nitrogen and oxygen atoms in total. The standard InChI is InChI=1S/C13H20N4O/c1-17-13(18-2)8-12(16-17)15-11-7-5-3-4-6-10(11)9-14/h8,10-11H,3-7H2,1-2H3,(H,15,16). The molecule has 2 atom stereocenters. The van der Waals surface area contributed by atoms with Gasteiger partial charge in [0.15, 0.2) is 5.82 Å². The van der Waals surface area contributed by atoms with Crippen LogP contribution in [-0.2, 0) is 7.05 Å². The summed E-state index contributed by atoms with van der Waals surface area (Å²) in [6.45, 7) is 0. The van der Waals surface area contributed by atoms with Crippen molar-refractivity contribution in [3.05, 3.63) is 6.07 Å². The molecule has 2 rings (SSSR count). The number of rotatable bonds is 3. The number of hydrogen-bond donors (Lipinski definition) is 1. The second-order valence-electron chi connectivity index (χ2n) is 4.82. The molecule has 0 radical (unpaired) electrons. The van der Waals surface area contributed by atoms with E-state index in [0.717, 1.165) is 31.0 Å². The fourth-order valence-corrected chi connectivity index (χ4v) is 2.54. The molecule has 98 valence electrons. The minimum Gasteiger partial charge on any atom is -0.481 e. The van der Waals surface area contributed by atoms with Crippen molar-refractivity contribution in [2.75, 3.05) is 12.4 Å². The van der Waals surface area contributed by atoms with Crippen LogP contribution in [0.15, 0.2) is 6.07 Å². The number of aromatic nitrogens is 2. The molecule has 1 fully saturated rings. The van der Waals surface area contributed by atoms with Crippen molar-refractivity contribution >= 4 is 5.82 Å². The number of anilines is 1. The summed E-state index contributed by atoms with van der Waals surface area (Å²) >= 11 is 0. The second-order valence-corrected chi connectivity index (χ2v) is 4.82. The zero-order chi connectivity index (χ0) is 13.0. The average Bonchev–Trinajstić information content (AvgIpc) is 2.59. The highest BCUT2D eigenvalue weighted by molar-refractivity contribution is 5.40. The number of methoxy groups -OCH3 is 1. The molecule has 5 heteroatoms. The molecule has 18 heavy (non-hydrogen) atoms. The van der Waals surface area contributed by atoms with Gasteiger partial charge in [0.25, 0.3) is 0 Å². The van der Waals surface area contributed by atoms with Crippen LogP contribution in [0, 0.1) is 17.2 Å². The highest BCUT2D eigenvalue weighted by Crippen LogP contribution is 2.26. The first-order chi connectivity index (χ1) is 8.74. The van der Waals surface area contributed by atoms with Crippen molar-refractivity contribution in [2.45, 2.75) is 38.1 Å². The van der Waals surface area contributed by atoms with Crippen LogP contribution in [0.2, 0.25) is 0 Å². The van der Waals surface area contributed by atoms with Crippen molar-refractivity contribution in [2.24, 2.45) is 13.0 Å². The number of nitrogens with one attached hydrogen (secondary N) is 1. The van der Waals surface area contributed by atoms with Crippen LogP contribution in [0.4, 0.5) is 5.82 Å². The highest BCUT2D eigenvalue weighted by atomic mass is 16.5. The summed E-state index contributed by atoms with van der Waals surface area (Å²) in [5.74, 6) is 1.60. The Balaban J connectivity index is 2.08. The van der Waals surface area contributed by atoms with E-state index in [0.29, 0.717) is 0 Å². The smallest absolute Gasteiger partial charge is 0.213 e. The topological polar surface area (TPSA) is 62.9 Å². The molecule has 1 heterocycles. The summed E-state index contributed by atoms with van der Waals surface area (Å²) in [6.07, 6.45) is 5.58. The third kappa shape index (κ3) is 2.76. The molecule has 1 aromatic heterocycles. The predicted octanol–water partition coefficient (Wildman–Crippen LogP) is 2.31. The maximum absolute atomic E-state index is 9.23. The van der Waals surface area contributed by atoms with Crippen molar-refractivity contribution in [3.63, 3.8) is 0 Å². The van der Waals surface area contributed by atoms with E-state index in [1.54, 1.807) is 11.8 Å². The Kier molecular flexibility index (Phi) is 4.08. The second kappa shape index (κ2) is 5.76. The molecule has 1 saturated carbocycles. The molecule has 0 aliphatic heterocycles. The van der Waals surface area contributed by atoms with E-state index in [-0.39, 0.29) is 12.0 Å². The summed E-state index contributed by atoms with van der Waals surface area (Å²) in [6, 6.07) is 4.50. The van der Waals surface area contributed by atoms with Crippen LogP contribution in [0.25, 0.3) is 0 Å². The first-order valence-corrected chi connectivity index (χ1v) is 6.48. The van der Waals surface area contributed by atoms with E-state index in [2.05, 4.69) is 16.5 Å². The minimum atomic E-state index is 0.0838. The molecule has 1 aliphatic carbocycles. The van der Waals surface area contributed by atoms with Crippen molar-refractivity contribution in [1.82, 2.24) is 9.78 Å². The molecule has 0 spiro atoms. The van der Waals surface area contributed by atoms with E-state index in [4.69, 9.17) is 4.74 Å². The van der Waals surface area contributed by atoms with Crippen LogP contribution >= 0.6 is 0 Å². The van der Waals surface area contributed by atoms with Crippen LogP contribution in [0.1, 0.15) is 32.1 Å². The summed E-state index contributed by atoms with van der Waals surface area (Å²) in [5, 5.41) is 17.0. The zero-order valence-corrected chi connectivity index (χ0v) is 11.0. The number of ether oxygens (including phenoxy) is 1. The summed E-state index contributed by atoms with van der Waals surface area (Å²) in [5.41, 5.74) is 0. The quantitative estimate of drug-likeness (QED) is 0.834. The average molecular weight is 248 g/mol. The molecule has 2 unspecified atom stereocenters. The lowest BCUT2D eigenvalue weighted by molar-refractivity contribution is 0.373. The van der Waals surface area contributed by atoms with Gasteiger partial charge in [0.05, 0.1) is 19.1 Å². The molecule has 1 N–H and O–H groups in total. The van der Waals surface area contributed by atoms with Gasteiger partial charge in [-0.15, -0.1) is 0 Å². The largest absolute Gasteiger partial charge is 0.481 e. The lowest BCUT2D eigenvalue weighted by Crippen LogP contribution is -2.27. The summed E-state index contributed by atoms with van der Waals surface area (Å²) in [4.78, 5) is 0. The van der Waals surface area contributed by atoms with Gasteiger partial charge < -0.3 is 10.1 Å². The molecule has 1 aliphatic rings. The van der Waals surface area contributed by atoms with E-state index >= 15 is 0 Å². The van der Waals surface area contributed by atoms with Crippen LogP contribution in [0.3, 0.4) is 0 Å². The zero-order valence-electron chi connectivity index (χ0n) is 11.0. The molecular weight excluding hydrogens is 228 g/mol. The van der Waals surface area contributed by atoms with Gasteiger partial charge in [-0.25, -0.2) is 4.68 Å². The summed E-state index contributed by atoms with van der Waals surface area (Å²) in [7, 11) is 3.48. The maximum atomic E-state index is 9.23. The van der Waals surface area contributed by atoms with Crippen LogP contribution in [0.5, 0.6) is 5.88 Å². The number of nitriles is 1. The van der Waals surface area contributed by atoms with E-state index in [1.807, 2.05) is 13.1 Å². The Morgan fingerprint density at radius 1 is 1.44 bits per heavy atom. The van der Waals surface area contributed by atoms with Gasteiger partial charge in [-0.1, -0.05) is 19.3 Å². The van der Waals surface area contributed by atoms with Gasteiger partial charge in [0.1, 0.15) is 0 Å². The molecular formula is C13H20N4O. The van der Waals surface area contributed by atoms with Gasteiger partial charge in [0.2, 0.25) is 5.88 Å². The molecule has 0 bridgehead atoms. The summed E-state index contributed by atoms with van der Waals surface area (Å²) < 4.78 is 6.88. The van der Waals surface area contributed by atoms with Gasteiger partial charge >= 0.3 is 0 Å². The van der Waals surface area contributed by atoms with Crippen LogP contribution in [-0.4, -0.2) is 22.9 Å². The first-order valence-electron chi connectivity index (χ1n) is 6.48. The van der Waals surface area contributed by atoms with E-state index < -0.39 is 0 Å². The first kappa shape index (κ1) is 12.7. The molecule has 0 aromatic carbocycles. The predicted molar refractivity (Wildman–Crippen MR) is 69.4 cm³/mol. The lowest BCUT2D eigenvalue weighted by Gasteiger charge is -2.20. The molecule has 0 saturated heterocycles. The van der Waals surface area contributed by atoms with Gasteiger partial charge in [-0.2, -0.15) is 10.4 Å². The number of nitrogens with zero attached hydrogens (tertiary/aromatic N) is 3. The lowest BCUT2D eigenvalue weighted by atomic mass is 9.96. The van der Waals surface area contributed by atoms with Crippen LogP contribution < -0.4 is 10.1 Å². The third-order valence-electron chi connectivity index (χ3n) is 3.56. The number of hydrogen-bond acceptors (Lipinski definition) is 4. The minimum absolute atomic E-state index is 0.0838. The normalized spacial score (nSPS) is 24.1. The number of aryl methyl sites for hydroxylation is 1.